The second-order valence-corrected chi connectivity index (χ2v) is 9.76. The minimum Gasteiger partial charge on any atom is -0.382 e. The van der Waals surface area contributed by atoms with Crippen molar-refractivity contribution in [3.8, 4) is 0 Å². The first kappa shape index (κ1) is 25.9. The monoisotopic (exact) mass is 522 g/mol. The molecule has 4 atom stereocenters. The van der Waals surface area contributed by atoms with Gasteiger partial charge in [-0.1, -0.05) is 66.7 Å². The van der Waals surface area contributed by atoms with E-state index in [1.807, 2.05) is 0 Å². The molecule has 9 nitrogen and oxygen atoms in total. The van der Waals surface area contributed by atoms with Crippen LogP contribution in [0.25, 0.3) is 10.8 Å². The lowest BCUT2D eigenvalue weighted by Gasteiger charge is -2.32. The summed E-state index contributed by atoms with van der Waals surface area (Å²) in [5, 5.41) is 23.3. The molecule has 0 spiro atoms. The van der Waals surface area contributed by atoms with E-state index < -0.39 is 51.7 Å². The van der Waals surface area contributed by atoms with Crippen LogP contribution in [0, 0.1) is 0 Å². The van der Waals surface area contributed by atoms with E-state index in [1.54, 1.807) is 30.3 Å². The predicted octanol–water partition coefficient (Wildman–Crippen LogP) is 2.27. The van der Waals surface area contributed by atoms with Crippen molar-refractivity contribution in [1.29, 1.82) is 0 Å². The molecule has 12 heteroatoms. The number of rotatable bonds is 8. The van der Waals surface area contributed by atoms with Gasteiger partial charge in [0, 0.05) is 11.1 Å². The largest absolute Gasteiger partial charge is 0.382 e. The van der Waals surface area contributed by atoms with Crippen molar-refractivity contribution in [2.75, 3.05) is 6.26 Å². The highest BCUT2D eigenvalue weighted by atomic mass is 32.2. The second-order valence-electron chi connectivity index (χ2n) is 8.21. The summed E-state index contributed by atoms with van der Waals surface area (Å²) >= 11 is 0. The Morgan fingerprint density at radius 3 is 2.22 bits per heavy atom. The van der Waals surface area contributed by atoms with Crippen LogP contribution in [-0.2, 0) is 24.1 Å². The fraction of sp³-hybridized carbons (Fsp3) is 0.250. The first-order chi connectivity index (χ1) is 16.9. The number of halogens is 2. The van der Waals surface area contributed by atoms with Gasteiger partial charge < -0.3 is 14.9 Å². The summed E-state index contributed by atoms with van der Waals surface area (Å²) in [7, 11) is -4.42. The first-order valence-corrected chi connectivity index (χ1v) is 12.3. The molecule has 190 valence electrons. The molecule has 1 aliphatic rings. The van der Waals surface area contributed by atoms with E-state index in [1.165, 1.54) is 30.3 Å². The van der Waals surface area contributed by atoms with Crippen molar-refractivity contribution in [3.05, 3.63) is 83.9 Å². The average molecular weight is 522 g/mol. The van der Waals surface area contributed by atoms with Crippen LogP contribution in [0.5, 0.6) is 0 Å². The highest BCUT2D eigenvalue weighted by Crippen LogP contribution is 2.48. The number of ketones is 2. The Balaban J connectivity index is 1.75. The number of carbonyl (C=O) groups is 2. The van der Waals surface area contributed by atoms with Gasteiger partial charge >= 0.3 is 5.92 Å². The molecule has 0 radical (unpaired) electrons. The van der Waals surface area contributed by atoms with Gasteiger partial charge in [0.05, 0.1) is 6.26 Å². The molecule has 0 aliphatic carbocycles. The molecular weight excluding hydrogens is 502 g/mol. The van der Waals surface area contributed by atoms with Gasteiger partial charge in [0.25, 0.3) is 16.4 Å². The molecule has 36 heavy (non-hydrogen) atoms. The van der Waals surface area contributed by atoms with Gasteiger partial charge in [0.15, 0.2) is 5.78 Å². The maximum atomic E-state index is 15.4. The number of benzene rings is 3. The maximum Gasteiger partial charge on any atom is 0.338 e. The fourth-order valence-corrected chi connectivity index (χ4v) is 4.13. The molecule has 1 saturated heterocycles. The normalized spacial score (nSPS) is 24.5. The Labute approximate surface area is 203 Å². The quantitative estimate of drug-likeness (QED) is 0.259. The van der Waals surface area contributed by atoms with Crippen LogP contribution in [0.15, 0.2) is 72.8 Å². The third-order valence-electron chi connectivity index (χ3n) is 5.71. The van der Waals surface area contributed by atoms with Crippen LogP contribution in [-0.4, -0.2) is 66.5 Å². The molecule has 1 aliphatic heterocycles. The highest BCUT2D eigenvalue weighted by molar-refractivity contribution is 7.85. The summed E-state index contributed by atoms with van der Waals surface area (Å²) in [4.78, 5) is 30.4. The van der Waals surface area contributed by atoms with Gasteiger partial charge in [-0.25, -0.2) is 0 Å². The number of aliphatic hydroxyl groups is 2. The summed E-state index contributed by atoms with van der Waals surface area (Å²) in [5.74, 6) is -7.39. The summed E-state index contributed by atoms with van der Waals surface area (Å²) in [6.07, 6.45) is -7.51. The molecule has 2 N–H and O–H groups in total. The van der Waals surface area contributed by atoms with E-state index >= 15 is 8.78 Å². The lowest BCUT2D eigenvalue weighted by molar-refractivity contribution is -0.355. The lowest BCUT2D eigenvalue weighted by atomic mass is 9.80. The lowest BCUT2D eigenvalue weighted by Crippen LogP contribution is -2.62. The van der Waals surface area contributed by atoms with Crippen molar-refractivity contribution >= 4 is 32.5 Å². The van der Waals surface area contributed by atoms with E-state index in [9.17, 15) is 28.2 Å². The number of carbonyl (C=O) groups excluding carboxylic acids is 2. The van der Waals surface area contributed by atoms with Gasteiger partial charge in [-0.15, -0.1) is 4.33 Å². The molecule has 1 fully saturated rings. The van der Waals surface area contributed by atoms with E-state index in [-0.39, 0.29) is 11.1 Å². The third-order valence-corrected chi connectivity index (χ3v) is 6.03. The molecule has 2 unspecified atom stereocenters. The topological polar surface area (TPSA) is 136 Å². The zero-order valence-electron chi connectivity index (χ0n) is 18.6. The van der Waals surface area contributed by atoms with Gasteiger partial charge in [-0.05, 0) is 16.8 Å². The summed E-state index contributed by atoms with van der Waals surface area (Å²) in [6.45, 7) is 0. The van der Waals surface area contributed by atoms with E-state index in [2.05, 4.69) is 9.22 Å². The average Bonchev–Trinajstić information content (AvgIpc) is 3.06. The molecule has 0 saturated carbocycles. The van der Waals surface area contributed by atoms with Crippen molar-refractivity contribution < 1.29 is 51.0 Å². The fourth-order valence-electron chi connectivity index (χ4n) is 3.92. The summed E-state index contributed by atoms with van der Waals surface area (Å²) in [5.41, 5.74) is -4.34. The van der Waals surface area contributed by atoms with Crippen molar-refractivity contribution in [3.63, 3.8) is 0 Å². The number of hydrogen-bond acceptors (Lipinski definition) is 9. The van der Waals surface area contributed by atoms with Crippen LogP contribution in [0.4, 0.5) is 8.78 Å². The molecule has 0 amide bonds. The van der Waals surface area contributed by atoms with Crippen molar-refractivity contribution in [2.24, 2.45) is 0 Å². The molecule has 3 aromatic carbocycles. The van der Waals surface area contributed by atoms with Crippen LogP contribution < -0.4 is 0 Å². The number of Topliss-reactive ketones (excluding diaryl/α,β-unsaturated/α-hetero) is 2. The number of fused-ring (bicyclic) bond motifs is 1. The van der Waals surface area contributed by atoms with Gasteiger partial charge in [0.2, 0.25) is 11.4 Å². The zero-order chi connectivity index (χ0) is 26.3. The third kappa shape index (κ3) is 4.54. The highest BCUT2D eigenvalue weighted by Gasteiger charge is 2.76. The Morgan fingerprint density at radius 1 is 0.972 bits per heavy atom. The van der Waals surface area contributed by atoms with Crippen LogP contribution in [0.2, 0.25) is 0 Å². The van der Waals surface area contributed by atoms with Gasteiger partial charge in [-0.2, -0.15) is 22.1 Å². The van der Waals surface area contributed by atoms with Crippen molar-refractivity contribution in [2.45, 2.75) is 30.0 Å². The van der Waals surface area contributed by atoms with E-state index in [4.69, 9.17) is 4.74 Å². The SMILES string of the molecule is CS(=O)(=O)OOC1O[C@H](C(O)C(=O)c2ccc3ccccc3c2)[C@](O)(C(=O)c2ccccc2)C1(F)F. The minimum absolute atomic E-state index is 0.112. The smallest absolute Gasteiger partial charge is 0.338 e. The Morgan fingerprint density at radius 2 is 1.58 bits per heavy atom. The molecule has 4 rings (SSSR count). The maximum absolute atomic E-state index is 15.4. The molecule has 0 bridgehead atoms. The second kappa shape index (κ2) is 9.39. The Kier molecular flexibility index (Phi) is 6.77. The number of ether oxygens (including phenoxy) is 1. The minimum atomic E-state index is -4.67. The van der Waals surface area contributed by atoms with Crippen molar-refractivity contribution in [1.82, 2.24) is 0 Å². The standard InChI is InChI=1S/C24H20F2O9S/c1-36(31,32)35-34-22-24(25,26)23(30,20(29)15-8-3-2-4-9-15)21(33-22)19(28)18(27)17-12-11-14-7-5-6-10-16(14)13-17/h2-13,19,21-22,28,30H,1H3/t19?,21-,22?,23-/m1/s1. The zero-order valence-corrected chi connectivity index (χ0v) is 19.4. The van der Waals surface area contributed by atoms with Crippen LogP contribution in [0.1, 0.15) is 20.7 Å². The van der Waals surface area contributed by atoms with E-state index in [0.29, 0.717) is 11.6 Å². The Bertz CT molecular complexity index is 1410. The number of alkyl halides is 2. The van der Waals surface area contributed by atoms with Crippen LogP contribution >= 0.6 is 0 Å². The summed E-state index contributed by atoms with van der Waals surface area (Å²) < 4.78 is 62.2. The predicted molar refractivity (Wildman–Crippen MR) is 121 cm³/mol. The van der Waals surface area contributed by atoms with Gasteiger partial charge in [-0.3, -0.25) is 9.59 Å². The Hall–Kier alpha value is -3.13. The van der Waals surface area contributed by atoms with Gasteiger partial charge in [0.1, 0.15) is 12.2 Å². The number of aliphatic hydroxyl groups excluding tert-OH is 1. The molecule has 0 aromatic heterocycles. The van der Waals surface area contributed by atoms with E-state index in [0.717, 1.165) is 17.5 Å². The summed E-state index contributed by atoms with van der Waals surface area (Å²) in [6, 6.07) is 17.6. The molecule has 3 aromatic rings. The number of hydrogen-bond donors (Lipinski definition) is 2. The first-order valence-electron chi connectivity index (χ1n) is 10.5. The van der Waals surface area contributed by atoms with Crippen LogP contribution in [0.3, 0.4) is 0 Å². The molecule has 1 heterocycles. The molecular formula is C24H20F2O9S.